The van der Waals surface area contributed by atoms with Gasteiger partial charge in [0, 0.05) is 11.6 Å². The summed E-state index contributed by atoms with van der Waals surface area (Å²) in [7, 11) is 3.10. The molecular weight excluding hydrogens is 440 g/mol. The molecule has 0 bridgehead atoms. The van der Waals surface area contributed by atoms with Gasteiger partial charge in [-0.3, -0.25) is 9.36 Å². The number of hydrogen-bond donors (Lipinski definition) is 0. The minimum Gasteiger partial charge on any atom is -0.497 e. The molecule has 0 radical (unpaired) electrons. The Kier molecular flexibility index (Phi) is 6.46. The predicted octanol–water partition coefficient (Wildman–Crippen LogP) is 2.82. The van der Waals surface area contributed by atoms with Crippen molar-refractivity contribution in [3.63, 3.8) is 0 Å². The van der Waals surface area contributed by atoms with E-state index < -0.39 is 12.0 Å². The lowest BCUT2D eigenvalue weighted by Crippen LogP contribution is -2.40. The van der Waals surface area contributed by atoms with E-state index in [2.05, 4.69) is 4.99 Å². The van der Waals surface area contributed by atoms with Crippen LogP contribution in [-0.4, -0.2) is 31.4 Å². The lowest BCUT2D eigenvalue weighted by atomic mass is 9.95. The quantitative estimate of drug-likeness (QED) is 0.524. The smallest absolute Gasteiger partial charge is 0.338 e. The topological polar surface area (TPSA) is 79.1 Å². The second-order valence-corrected chi connectivity index (χ2v) is 8.33. The van der Waals surface area contributed by atoms with E-state index in [-0.39, 0.29) is 12.2 Å². The fourth-order valence-corrected chi connectivity index (χ4v) is 4.88. The van der Waals surface area contributed by atoms with Gasteiger partial charge in [-0.15, -0.1) is 0 Å². The third kappa shape index (κ3) is 4.21. The maximum absolute atomic E-state index is 13.6. The summed E-state index contributed by atoms with van der Waals surface area (Å²) in [4.78, 5) is 31.7. The number of fused-ring (bicyclic) bond motifs is 1. The molecule has 4 rings (SSSR count). The van der Waals surface area contributed by atoms with Crippen molar-refractivity contribution in [1.82, 2.24) is 4.57 Å². The number of rotatable bonds is 6. The van der Waals surface area contributed by atoms with E-state index in [1.54, 1.807) is 43.7 Å². The zero-order chi connectivity index (χ0) is 23.5. The first kappa shape index (κ1) is 22.5. The Labute approximate surface area is 194 Å². The maximum atomic E-state index is 13.6. The lowest BCUT2D eigenvalue weighted by Gasteiger charge is -2.26. The van der Waals surface area contributed by atoms with Gasteiger partial charge in [-0.2, -0.15) is 0 Å². The van der Waals surface area contributed by atoms with Crippen molar-refractivity contribution in [2.24, 2.45) is 4.99 Å². The molecule has 0 fully saturated rings. The fourth-order valence-electron chi connectivity index (χ4n) is 3.83. The van der Waals surface area contributed by atoms with Crippen LogP contribution < -0.4 is 24.4 Å². The predicted molar refractivity (Wildman–Crippen MR) is 126 cm³/mol. The molecule has 0 aliphatic carbocycles. The van der Waals surface area contributed by atoms with Gasteiger partial charge in [0.25, 0.3) is 5.56 Å². The molecule has 1 atom stereocenters. The number of aromatic nitrogens is 1. The highest BCUT2D eigenvalue weighted by Crippen LogP contribution is 2.37. The van der Waals surface area contributed by atoms with Crippen LogP contribution in [0, 0.1) is 0 Å². The number of allylic oxidation sites excluding steroid dienone is 1. The summed E-state index contributed by atoms with van der Waals surface area (Å²) in [6, 6.07) is 14.2. The van der Waals surface area contributed by atoms with Crippen LogP contribution in [0.4, 0.5) is 0 Å². The first-order chi connectivity index (χ1) is 16.0. The molecule has 0 saturated carbocycles. The van der Waals surface area contributed by atoms with Crippen molar-refractivity contribution in [1.29, 1.82) is 0 Å². The minimum absolute atomic E-state index is 0.209. The molecule has 0 N–H and O–H groups in total. The van der Waals surface area contributed by atoms with Gasteiger partial charge in [-0.25, -0.2) is 9.79 Å². The van der Waals surface area contributed by atoms with Crippen LogP contribution >= 0.6 is 11.3 Å². The molecule has 2 aromatic carbocycles. The minimum atomic E-state index is -0.751. The number of nitrogens with zero attached hydrogens (tertiary/aromatic N) is 2. The SMILES string of the molecule is CCOC(=O)C1=C(C)N=c2sc(=Cc3ccccc3)c(=O)n2[C@H]1c1ccc(OC)cc1OC. The van der Waals surface area contributed by atoms with Gasteiger partial charge in [0.2, 0.25) is 0 Å². The van der Waals surface area contributed by atoms with Crippen LogP contribution in [0.1, 0.15) is 31.0 Å². The number of benzene rings is 2. The first-order valence-corrected chi connectivity index (χ1v) is 11.3. The number of esters is 1. The van der Waals surface area contributed by atoms with Crippen molar-refractivity contribution in [2.75, 3.05) is 20.8 Å². The normalized spacial score (nSPS) is 15.6. The van der Waals surface area contributed by atoms with Crippen molar-refractivity contribution >= 4 is 23.4 Å². The van der Waals surface area contributed by atoms with Crippen molar-refractivity contribution in [2.45, 2.75) is 19.9 Å². The lowest BCUT2D eigenvalue weighted by molar-refractivity contribution is -0.139. The molecule has 8 heteroatoms. The van der Waals surface area contributed by atoms with Crippen molar-refractivity contribution in [3.8, 4) is 11.5 Å². The molecule has 0 unspecified atom stereocenters. The zero-order valence-electron chi connectivity index (χ0n) is 18.8. The largest absolute Gasteiger partial charge is 0.497 e. The molecule has 1 aliphatic rings. The number of thiazole rings is 1. The highest BCUT2D eigenvalue weighted by Gasteiger charge is 2.35. The average molecular weight is 465 g/mol. The number of ether oxygens (including phenoxy) is 3. The molecular formula is C25H24N2O5S. The summed E-state index contributed by atoms with van der Waals surface area (Å²) >= 11 is 1.28. The van der Waals surface area contributed by atoms with Gasteiger partial charge >= 0.3 is 5.97 Å². The van der Waals surface area contributed by atoms with Gasteiger partial charge in [-0.1, -0.05) is 41.7 Å². The van der Waals surface area contributed by atoms with E-state index >= 15 is 0 Å². The Balaban J connectivity index is 2.00. The Hall–Kier alpha value is -3.65. The van der Waals surface area contributed by atoms with Gasteiger partial charge in [0.1, 0.15) is 17.5 Å². The van der Waals surface area contributed by atoms with E-state index in [0.717, 1.165) is 5.56 Å². The second kappa shape index (κ2) is 9.46. The third-order valence-corrected chi connectivity index (χ3v) is 6.33. The average Bonchev–Trinajstić information content (AvgIpc) is 3.12. The highest BCUT2D eigenvalue weighted by molar-refractivity contribution is 7.07. The Morgan fingerprint density at radius 3 is 2.58 bits per heavy atom. The number of carbonyl (C=O) groups is 1. The van der Waals surface area contributed by atoms with Crippen molar-refractivity contribution in [3.05, 3.63) is 90.6 Å². The molecule has 0 spiro atoms. The summed E-state index contributed by atoms with van der Waals surface area (Å²) in [5, 5.41) is 0. The van der Waals surface area contributed by atoms with E-state index in [1.165, 1.54) is 18.4 Å². The highest BCUT2D eigenvalue weighted by atomic mass is 32.1. The summed E-state index contributed by atoms with van der Waals surface area (Å²) in [6.45, 7) is 3.70. The Morgan fingerprint density at radius 2 is 1.91 bits per heavy atom. The Morgan fingerprint density at radius 1 is 1.15 bits per heavy atom. The monoisotopic (exact) mass is 464 g/mol. The van der Waals surface area contributed by atoms with E-state index in [0.29, 0.717) is 37.7 Å². The first-order valence-electron chi connectivity index (χ1n) is 10.4. The van der Waals surface area contributed by atoms with Crippen LogP contribution in [0.3, 0.4) is 0 Å². The molecule has 170 valence electrons. The van der Waals surface area contributed by atoms with Crippen LogP contribution in [0.25, 0.3) is 6.08 Å². The third-order valence-electron chi connectivity index (χ3n) is 5.35. The van der Waals surface area contributed by atoms with Gasteiger partial charge in [0.05, 0.1) is 36.6 Å². The van der Waals surface area contributed by atoms with Gasteiger partial charge < -0.3 is 14.2 Å². The molecule has 2 heterocycles. The molecule has 0 saturated heterocycles. The standard InChI is InChI=1S/C25H24N2O5S/c1-5-32-24(29)21-15(2)26-25-27(22(21)18-12-11-17(30-3)14-19(18)31-4)23(28)20(33-25)13-16-9-7-6-8-10-16/h6-14,22H,5H2,1-4H3/t22-/m0/s1. The number of carbonyl (C=O) groups excluding carboxylic acids is 1. The fraction of sp³-hybridized carbons (Fsp3) is 0.240. The summed E-state index contributed by atoms with van der Waals surface area (Å²) in [6.07, 6.45) is 1.83. The van der Waals surface area contributed by atoms with Crippen LogP contribution in [0.15, 0.2) is 69.6 Å². The second-order valence-electron chi connectivity index (χ2n) is 7.32. The molecule has 3 aromatic rings. The van der Waals surface area contributed by atoms with Crippen LogP contribution in [0.5, 0.6) is 11.5 Å². The van der Waals surface area contributed by atoms with Crippen molar-refractivity contribution < 1.29 is 19.0 Å². The van der Waals surface area contributed by atoms with E-state index in [4.69, 9.17) is 14.2 Å². The molecule has 33 heavy (non-hydrogen) atoms. The molecule has 1 aromatic heterocycles. The van der Waals surface area contributed by atoms with Crippen LogP contribution in [0.2, 0.25) is 0 Å². The molecule has 1 aliphatic heterocycles. The number of hydrogen-bond acceptors (Lipinski definition) is 7. The van der Waals surface area contributed by atoms with E-state index in [1.807, 2.05) is 36.4 Å². The molecule has 7 nitrogen and oxygen atoms in total. The number of methoxy groups -OCH3 is 2. The van der Waals surface area contributed by atoms with Gasteiger partial charge in [0.15, 0.2) is 4.80 Å². The summed E-state index contributed by atoms with van der Waals surface area (Å²) in [5.41, 5.74) is 2.12. The maximum Gasteiger partial charge on any atom is 0.338 e. The summed E-state index contributed by atoms with van der Waals surface area (Å²) < 4.78 is 18.3. The zero-order valence-corrected chi connectivity index (χ0v) is 19.6. The summed E-state index contributed by atoms with van der Waals surface area (Å²) in [5.74, 6) is 0.581. The van der Waals surface area contributed by atoms with Crippen LogP contribution in [-0.2, 0) is 9.53 Å². The van der Waals surface area contributed by atoms with E-state index in [9.17, 15) is 9.59 Å². The molecule has 0 amide bonds. The Bertz CT molecular complexity index is 1400. The van der Waals surface area contributed by atoms with Gasteiger partial charge in [-0.05, 0) is 37.6 Å².